The highest BCUT2D eigenvalue weighted by atomic mass is 16.5. The van der Waals surface area contributed by atoms with Crippen molar-refractivity contribution in [3.63, 3.8) is 0 Å². The average molecular weight is 435 g/mol. The van der Waals surface area contributed by atoms with Crippen LogP contribution in [-0.4, -0.2) is 51.8 Å². The van der Waals surface area contributed by atoms with Gasteiger partial charge in [0.05, 0.1) is 19.4 Å². The molecule has 0 saturated carbocycles. The third kappa shape index (κ3) is 4.61. The average Bonchev–Trinajstić information content (AvgIpc) is 2.79. The third-order valence-electron chi connectivity index (χ3n) is 5.26. The lowest BCUT2D eigenvalue weighted by Gasteiger charge is -2.26. The van der Waals surface area contributed by atoms with E-state index in [-0.39, 0.29) is 24.1 Å². The molecule has 10 nitrogen and oxygen atoms in total. The highest BCUT2D eigenvalue weighted by Gasteiger charge is 2.19. The SMILES string of the molecule is COc1cc2c(cc1Nc1nnc(C(N)=O)c(Nc3cccc(CO)c3)n1)CCN(C)C2. The Bertz CT molecular complexity index is 1150. The molecule has 0 spiro atoms. The number of hydrogen-bond acceptors (Lipinski definition) is 9. The van der Waals surface area contributed by atoms with Gasteiger partial charge in [-0.3, -0.25) is 4.79 Å². The lowest BCUT2D eigenvalue weighted by Crippen LogP contribution is -2.26. The number of carbonyl (C=O) groups is 1. The van der Waals surface area contributed by atoms with Crippen LogP contribution in [0.4, 0.5) is 23.1 Å². The largest absolute Gasteiger partial charge is 0.495 e. The van der Waals surface area contributed by atoms with E-state index in [0.29, 0.717) is 22.7 Å². The van der Waals surface area contributed by atoms with Crippen LogP contribution < -0.4 is 21.1 Å². The smallest absolute Gasteiger partial charge is 0.273 e. The van der Waals surface area contributed by atoms with Crippen molar-refractivity contribution in [3.8, 4) is 5.75 Å². The Morgan fingerprint density at radius 3 is 2.81 bits per heavy atom. The molecule has 2 heterocycles. The number of nitrogens with one attached hydrogen (secondary N) is 2. The second kappa shape index (κ2) is 9.16. The van der Waals surface area contributed by atoms with Crippen molar-refractivity contribution < 1.29 is 14.6 Å². The van der Waals surface area contributed by atoms with Crippen LogP contribution in [0.25, 0.3) is 0 Å². The number of aliphatic hydroxyl groups is 1. The van der Waals surface area contributed by atoms with Crippen LogP contribution in [0.2, 0.25) is 0 Å². The third-order valence-corrected chi connectivity index (χ3v) is 5.26. The molecule has 0 aliphatic carbocycles. The number of aromatic nitrogens is 3. The summed E-state index contributed by atoms with van der Waals surface area (Å²) in [5, 5.41) is 23.5. The van der Waals surface area contributed by atoms with E-state index < -0.39 is 5.91 Å². The van der Waals surface area contributed by atoms with E-state index in [1.165, 1.54) is 11.1 Å². The Morgan fingerprint density at radius 1 is 1.22 bits per heavy atom. The summed E-state index contributed by atoms with van der Waals surface area (Å²) in [5.74, 6) is 0.241. The topological polar surface area (TPSA) is 139 Å². The summed E-state index contributed by atoms with van der Waals surface area (Å²) in [4.78, 5) is 18.5. The first-order chi connectivity index (χ1) is 15.5. The summed E-state index contributed by atoms with van der Waals surface area (Å²) in [6.07, 6.45) is 0.929. The molecule has 0 atom stereocenters. The Balaban J connectivity index is 1.66. The van der Waals surface area contributed by atoms with Gasteiger partial charge in [-0.05, 0) is 54.4 Å². The fourth-order valence-electron chi connectivity index (χ4n) is 3.63. The maximum atomic E-state index is 11.8. The number of anilines is 4. The molecule has 1 aromatic heterocycles. The van der Waals surface area contributed by atoms with Gasteiger partial charge in [0.2, 0.25) is 5.95 Å². The number of likely N-dealkylation sites (N-methyl/N-ethyl adjacent to an activating group) is 1. The fourth-order valence-corrected chi connectivity index (χ4v) is 3.63. The summed E-state index contributed by atoms with van der Waals surface area (Å²) >= 11 is 0. The quantitative estimate of drug-likeness (QED) is 0.438. The number of ether oxygens (including phenoxy) is 1. The Hall–Kier alpha value is -3.76. The minimum absolute atomic E-state index is 0.0922. The molecule has 0 saturated heterocycles. The molecule has 0 unspecified atom stereocenters. The van der Waals surface area contributed by atoms with Crippen LogP contribution >= 0.6 is 0 Å². The van der Waals surface area contributed by atoms with Crippen molar-refractivity contribution in [2.45, 2.75) is 19.6 Å². The molecule has 3 aromatic rings. The van der Waals surface area contributed by atoms with Crippen LogP contribution in [0.5, 0.6) is 5.75 Å². The van der Waals surface area contributed by atoms with Crippen molar-refractivity contribution in [2.75, 3.05) is 31.3 Å². The van der Waals surface area contributed by atoms with Crippen LogP contribution in [0.15, 0.2) is 36.4 Å². The van der Waals surface area contributed by atoms with Crippen molar-refractivity contribution in [1.82, 2.24) is 20.1 Å². The van der Waals surface area contributed by atoms with Gasteiger partial charge in [0.25, 0.3) is 5.91 Å². The maximum absolute atomic E-state index is 11.8. The number of rotatable bonds is 7. The number of fused-ring (bicyclic) bond motifs is 1. The first kappa shape index (κ1) is 21.5. The second-order valence-electron chi connectivity index (χ2n) is 7.61. The van der Waals surface area contributed by atoms with E-state index in [9.17, 15) is 9.90 Å². The summed E-state index contributed by atoms with van der Waals surface area (Å²) in [6, 6.07) is 11.1. The summed E-state index contributed by atoms with van der Waals surface area (Å²) in [6.45, 7) is 1.73. The zero-order valence-corrected chi connectivity index (χ0v) is 17.9. The van der Waals surface area contributed by atoms with Crippen LogP contribution in [0.1, 0.15) is 27.2 Å². The number of methoxy groups -OCH3 is 1. The molecule has 166 valence electrons. The molecule has 32 heavy (non-hydrogen) atoms. The van der Waals surface area contributed by atoms with E-state index in [0.717, 1.165) is 19.5 Å². The van der Waals surface area contributed by atoms with Gasteiger partial charge in [-0.15, -0.1) is 10.2 Å². The van der Waals surface area contributed by atoms with Gasteiger partial charge in [-0.25, -0.2) is 0 Å². The molecule has 1 amide bonds. The summed E-state index contributed by atoms with van der Waals surface area (Å²) in [7, 11) is 3.70. The monoisotopic (exact) mass is 435 g/mol. The molecule has 10 heteroatoms. The fraction of sp³-hybridized carbons (Fsp3) is 0.273. The maximum Gasteiger partial charge on any atom is 0.273 e. The first-order valence-electron chi connectivity index (χ1n) is 10.1. The van der Waals surface area contributed by atoms with Gasteiger partial charge < -0.3 is 31.1 Å². The minimum Gasteiger partial charge on any atom is -0.495 e. The van der Waals surface area contributed by atoms with Crippen LogP contribution in [-0.2, 0) is 19.6 Å². The number of benzene rings is 2. The van der Waals surface area contributed by atoms with E-state index in [1.54, 1.807) is 31.4 Å². The Kier molecular flexibility index (Phi) is 6.15. The minimum atomic E-state index is -0.757. The van der Waals surface area contributed by atoms with Crippen molar-refractivity contribution >= 4 is 29.0 Å². The number of aliphatic hydroxyl groups excluding tert-OH is 1. The van der Waals surface area contributed by atoms with E-state index >= 15 is 0 Å². The molecule has 1 aliphatic heterocycles. The highest BCUT2D eigenvalue weighted by molar-refractivity contribution is 5.96. The number of hydrogen-bond donors (Lipinski definition) is 4. The zero-order chi connectivity index (χ0) is 22.7. The molecule has 0 fully saturated rings. The Morgan fingerprint density at radius 2 is 2.06 bits per heavy atom. The van der Waals surface area contributed by atoms with E-state index in [4.69, 9.17) is 10.5 Å². The summed E-state index contributed by atoms with van der Waals surface area (Å²) in [5.41, 5.74) is 9.85. The van der Waals surface area contributed by atoms with Gasteiger partial charge in [0.15, 0.2) is 11.5 Å². The number of nitrogens with zero attached hydrogens (tertiary/aromatic N) is 4. The number of carbonyl (C=O) groups excluding carboxylic acids is 1. The second-order valence-corrected chi connectivity index (χ2v) is 7.61. The molecular formula is C22H25N7O3. The van der Waals surface area contributed by atoms with Crippen LogP contribution in [0.3, 0.4) is 0 Å². The number of primary amides is 1. The molecule has 4 rings (SSSR count). The molecular weight excluding hydrogens is 410 g/mol. The molecule has 5 N–H and O–H groups in total. The van der Waals surface area contributed by atoms with Crippen molar-refractivity contribution in [3.05, 3.63) is 58.8 Å². The van der Waals surface area contributed by atoms with Crippen molar-refractivity contribution in [1.29, 1.82) is 0 Å². The predicted molar refractivity (Wildman–Crippen MR) is 120 cm³/mol. The van der Waals surface area contributed by atoms with E-state index in [1.807, 2.05) is 12.1 Å². The standard InChI is InChI=1S/C22H25N7O3/c1-29-7-6-14-9-17(18(32-2)10-15(14)11-29)25-22-26-21(19(20(23)31)27-28-22)24-16-5-3-4-13(8-16)12-30/h3-5,8-10,30H,6-7,11-12H2,1-2H3,(H2,23,31)(H2,24,25,26,28). The number of amides is 1. The predicted octanol–water partition coefficient (Wildman–Crippen LogP) is 1.95. The molecule has 1 aliphatic rings. The lowest BCUT2D eigenvalue weighted by molar-refractivity contribution is 0.0995. The van der Waals surface area contributed by atoms with E-state index in [2.05, 4.69) is 37.8 Å². The highest BCUT2D eigenvalue weighted by Crippen LogP contribution is 2.33. The molecule has 0 bridgehead atoms. The lowest BCUT2D eigenvalue weighted by atomic mass is 9.99. The van der Waals surface area contributed by atoms with Gasteiger partial charge in [0, 0.05) is 18.8 Å². The van der Waals surface area contributed by atoms with Crippen molar-refractivity contribution in [2.24, 2.45) is 5.73 Å². The number of nitrogens with two attached hydrogens (primary N) is 1. The summed E-state index contributed by atoms with van der Waals surface area (Å²) < 4.78 is 5.56. The zero-order valence-electron chi connectivity index (χ0n) is 17.9. The van der Waals surface area contributed by atoms with Crippen LogP contribution in [0, 0.1) is 0 Å². The molecule has 2 aromatic carbocycles. The molecule has 0 radical (unpaired) electrons. The normalized spacial score (nSPS) is 13.3. The first-order valence-corrected chi connectivity index (χ1v) is 10.1. The van der Waals surface area contributed by atoms with Gasteiger partial charge in [-0.1, -0.05) is 12.1 Å². The van der Waals surface area contributed by atoms with Gasteiger partial charge in [-0.2, -0.15) is 4.98 Å². The Labute approximate surface area is 185 Å². The van der Waals surface area contributed by atoms with Gasteiger partial charge in [0.1, 0.15) is 5.75 Å². The van der Waals surface area contributed by atoms with Gasteiger partial charge >= 0.3 is 0 Å².